The second kappa shape index (κ2) is 7.45. The summed E-state index contributed by atoms with van der Waals surface area (Å²) in [5, 5.41) is 12.6. The number of hydrogen-bond acceptors (Lipinski definition) is 3. The van der Waals surface area contributed by atoms with Gasteiger partial charge in [-0.25, -0.2) is 0 Å². The van der Waals surface area contributed by atoms with Crippen LogP contribution in [-0.4, -0.2) is 47.7 Å². The summed E-state index contributed by atoms with van der Waals surface area (Å²) >= 11 is 0. The fourth-order valence-corrected chi connectivity index (χ4v) is 1.53. The van der Waals surface area contributed by atoms with Crippen LogP contribution in [0.1, 0.15) is 33.6 Å². The van der Waals surface area contributed by atoms with Gasteiger partial charge in [0.1, 0.15) is 0 Å². The zero-order valence-corrected chi connectivity index (χ0v) is 11.5. The summed E-state index contributed by atoms with van der Waals surface area (Å²) in [5.74, 6) is -0.0177. The Morgan fingerprint density at radius 2 is 2.12 bits per heavy atom. The summed E-state index contributed by atoms with van der Waals surface area (Å²) in [5.41, 5.74) is -0.209. The van der Waals surface area contributed by atoms with E-state index < -0.39 is 6.10 Å². The van der Waals surface area contributed by atoms with E-state index in [9.17, 15) is 9.90 Å². The van der Waals surface area contributed by atoms with Gasteiger partial charge in [-0.2, -0.15) is 0 Å². The van der Waals surface area contributed by atoms with Crippen molar-refractivity contribution < 1.29 is 9.90 Å². The lowest BCUT2D eigenvalue weighted by Crippen LogP contribution is -2.46. The van der Waals surface area contributed by atoms with Crippen molar-refractivity contribution in [3.05, 3.63) is 12.7 Å². The fraction of sp³-hybridized carbons (Fsp3) is 0.769. The highest BCUT2D eigenvalue weighted by Gasteiger charge is 2.16. The van der Waals surface area contributed by atoms with Gasteiger partial charge in [0.05, 0.1) is 12.6 Å². The van der Waals surface area contributed by atoms with Crippen LogP contribution in [0.2, 0.25) is 0 Å². The Labute approximate surface area is 105 Å². The van der Waals surface area contributed by atoms with Gasteiger partial charge < -0.3 is 10.4 Å². The van der Waals surface area contributed by atoms with Crippen molar-refractivity contribution in [1.82, 2.24) is 10.2 Å². The average molecular weight is 242 g/mol. The molecule has 1 unspecified atom stereocenters. The van der Waals surface area contributed by atoms with E-state index in [-0.39, 0.29) is 11.4 Å². The fourth-order valence-electron chi connectivity index (χ4n) is 1.53. The lowest BCUT2D eigenvalue weighted by Gasteiger charge is -2.24. The van der Waals surface area contributed by atoms with Crippen molar-refractivity contribution >= 4 is 5.91 Å². The minimum Gasteiger partial charge on any atom is -0.392 e. The van der Waals surface area contributed by atoms with E-state index in [0.717, 1.165) is 6.42 Å². The van der Waals surface area contributed by atoms with Gasteiger partial charge in [-0.3, -0.25) is 9.69 Å². The van der Waals surface area contributed by atoms with Crippen LogP contribution < -0.4 is 5.32 Å². The third-order valence-electron chi connectivity index (χ3n) is 2.15. The van der Waals surface area contributed by atoms with E-state index in [0.29, 0.717) is 19.5 Å². The van der Waals surface area contributed by atoms with E-state index in [1.165, 1.54) is 0 Å². The van der Waals surface area contributed by atoms with Crippen LogP contribution in [0.5, 0.6) is 0 Å². The molecule has 0 aromatic rings. The summed E-state index contributed by atoms with van der Waals surface area (Å²) < 4.78 is 0. The molecule has 0 saturated heterocycles. The van der Waals surface area contributed by atoms with Crippen molar-refractivity contribution in [2.45, 2.75) is 45.3 Å². The molecule has 17 heavy (non-hydrogen) atoms. The molecule has 0 aliphatic heterocycles. The largest absolute Gasteiger partial charge is 0.392 e. The number of aliphatic hydroxyl groups excluding tert-OH is 1. The van der Waals surface area contributed by atoms with Crippen LogP contribution in [0.15, 0.2) is 12.7 Å². The molecular formula is C13H26N2O2. The number of amides is 1. The normalized spacial score (nSPS) is 13.5. The minimum atomic E-state index is -0.402. The first-order chi connectivity index (χ1) is 7.74. The topological polar surface area (TPSA) is 52.6 Å². The predicted molar refractivity (Wildman–Crippen MR) is 70.8 cm³/mol. The molecule has 0 rings (SSSR count). The highest BCUT2D eigenvalue weighted by molar-refractivity contribution is 5.78. The van der Waals surface area contributed by atoms with Crippen LogP contribution >= 0.6 is 0 Å². The lowest BCUT2D eigenvalue weighted by molar-refractivity contribution is -0.123. The van der Waals surface area contributed by atoms with E-state index in [1.54, 1.807) is 6.08 Å². The quantitative estimate of drug-likeness (QED) is 0.659. The Hall–Kier alpha value is -0.870. The number of carbonyl (C=O) groups is 1. The van der Waals surface area contributed by atoms with Crippen LogP contribution in [0.4, 0.5) is 0 Å². The number of likely N-dealkylation sites (N-methyl/N-ethyl adjacent to an activating group) is 1. The smallest absolute Gasteiger partial charge is 0.234 e. The van der Waals surface area contributed by atoms with Gasteiger partial charge >= 0.3 is 0 Å². The molecule has 0 aliphatic rings. The molecule has 0 spiro atoms. The number of nitrogens with one attached hydrogen (secondary N) is 1. The standard InChI is InChI=1S/C13H26N2O2/c1-6-7-8-11(16)9-15(5)10-12(17)14-13(2,3)4/h6,11,16H,1,7-10H2,2-5H3,(H,14,17). The maximum atomic E-state index is 11.6. The molecule has 100 valence electrons. The van der Waals surface area contributed by atoms with Crippen LogP contribution in [0, 0.1) is 0 Å². The summed E-state index contributed by atoms with van der Waals surface area (Å²) in [6.07, 6.45) is 2.87. The van der Waals surface area contributed by atoms with Gasteiger partial charge in [0.15, 0.2) is 0 Å². The third-order valence-corrected chi connectivity index (χ3v) is 2.15. The third kappa shape index (κ3) is 10.0. The van der Waals surface area contributed by atoms with Gasteiger partial charge in [0.2, 0.25) is 5.91 Å². The molecule has 2 N–H and O–H groups in total. The Balaban J connectivity index is 3.88. The first-order valence-electron chi connectivity index (χ1n) is 6.03. The Bertz CT molecular complexity index is 246. The van der Waals surface area contributed by atoms with Crippen molar-refractivity contribution in [2.24, 2.45) is 0 Å². The SMILES string of the molecule is C=CCCC(O)CN(C)CC(=O)NC(C)(C)C. The Kier molecular flexibility index (Phi) is 7.07. The number of aliphatic hydroxyl groups is 1. The van der Waals surface area contributed by atoms with Crippen molar-refractivity contribution in [2.75, 3.05) is 20.1 Å². The molecule has 1 amide bonds. The molecule has 0 fully saturated rings. The van der Waals surface area contributed by atoms with Gasteiger partial charge in [-0.05, 0) is 40.7 Å². The predicted octanol–water partition coefficient (Wildman–Crippen LogP) is 1.16. The maximum Gasteiger partial charge on any atom is 0.234 e. The summed E-state index contributed by atoms with van der Waals surface area (Å²) in [4.78, 5) is 13.4. The summed E-state index contributed by atoms with van der Waals surface area (Å²) in [6.45, 7) is 10.3. The zero-order chi connectivity index (χ0) is 13.5. The van der Waals surface area contributed by atoms with Gasteiger partial charge in [0, 0.05) is 12.1 Å². The Morgan fingerprint density at radius 1 is 1.53 bits per heavy atom. The number of carbonyl (C=O) groups excluding carboxylic acids is 1. The van der Waals surface area contributed by atoms with Crippen LogP contribution in [0.25, 0.3) is 0 Å². The van der Waals surface area contributed by atoms with Gasteiger partial charge in [-0.1, -0.05) is 6.08 Å². The molecule has 0 radical (unpaired) electrons. The first kappa shape index (κ1) is 16.1. The van der Waals surface area contributed by atoms with E-state index in [2.05, 4.69) is 11.9 Å². The molecule has 0 heterocycles. The summed E-state index contributed by atoms with van der Waals surface area (Å²) in [7, 11) is 1.83. The molecule has 0 bridgehead atoms. The number of nitrogens with zero attached hydrogens (tertiary/aromatic N) is 1. The first-order valence-corrected chi connectivity index (χ1v) is 6.03. The number of allylic oxidation sites excluding steroid dienone is 1. The number of rotatable bonds is 7. The van der Waals surface area contributed by atoms with Crippen LogP contribution in [-0.2, 0) is 4.79 Å². The molecule has 0 saturated carbocycles. The van der Waals surface area contributed by atoms with Crippen molar-refractivity contribution in [3.63, 3.8) is 0 Å². The molecule has 1 atom stereocenters. The Morgan fingerprint density at radius 3 is 2.59 bits per heavy atom. The molecule has 4 heteroatoms. The maximum absolute atomic E-state index is 11.6. The summed E-state index contributed by atoms with van der Waals surface area (Å²) in [6, 6.07) is 0. The lowest BCUT2D eigenvalue weighted by atomic mass is 10.1. The van der Waals surface area contributed by atoms with E-state index >= 15 is 0 Å². The highest BCUT2D eigenvalue weighted by Crippen LogP contribution is 2.01. The molecular weight excluding hydrogens is 216 g/mol. The highest BCUT2D eigenvalue weighted by atomic mass is 16.3. The average Bonchev–Trinajstić information content (AvgIpc) is 2.10. The van der Waals surface area contributed by atoms with Crippen molar-refractivity contribution in [1.29, 1.82) is 0 Å². The van der Waals surface area contributed by atoms with Gasteiger partial charge in [0.25, 0.3) is 0 Å². The van der Waals surface area contributed by atoms with Crippen LogP contribution in [0.3, 0.4) is 0 Å². The second-order valence-corrected chi connectivity index (χ2v) is 5.51. The molecule has 0 aromatic heterocycles. The van der Waals surface area contributed by atoms with Gasteiger partial charge in [-0.15, -0.1) is 6.58 Å². The molecule has 0 aromatic carbocycles. The monoisotopic (exact) mass is 242 g/mol. The van der Waals surface area contributed by atoms with E-state index in [1.807, 2.05) is 32.7 Å². The van der Waals surface area contributed by atoms with Crippen molar-refractivity contribution in [3.8, 4) is 0 Å². The second-order valence-electron chi connectivity index (χ2n) is 5.51. The zero-order valence-electron chi connectivity index (χ0n) is 11.5. The minimum absolute atomic E-state index is 0.0177. The number of hydrogen-bond donors (Lipinski definition) is 2. The molecule has 0 aliphatic carbocycles. The van der Waals surface area contributed by atoms with E-state index in [4.69, 9.17) is 0 Å². The molecule has 4 nitrogen and oxygen atoms in total.